The molecule has 0 saturated heterocycles. The van der Waals surface area contributed by atoms with Gasteiger partial charge in [-0.1, -0.05) is 0 Å². The van der Waals surface area contributed by atoms with Crippen LogP contribution in [-0.2, 0) is 13.6 Å². The molecule has 0 aliphatic heterocycles. The van der Waals surface area contributed by atoms with Gasteiger partial charge in [-0.05, 0) is 58.7 Å². The van der Waals surface area contributed by atoms with Gasteiger partial charge in [0.25, 0.3) is 0 Å². The Balaban J connectivity index is 3.60. The lowest BCUT2D eigenvalue weighted by Gasteiger charge is -2.22. The summed E-state index contributed by atoms with van der Waals surface area (Å²) in [6.07, 6.45) is 1.06. The van der Waals surface area contributed by atoms with E-state index in [-0.39, 0.29) is 5.97 Å². The second-order valence-electron chi connectivity index (χ2n) is 6.06. The molecule has 0 amide bonds. The molecule has 108 valence electrons. The van der Waals surface area contributed by atoms with Gasteiger partial charge < -0.3 is 14.2 Å². The molecule has 0 rings (SSSR count). The van der Waals surface area contributed by atoms with E-state index in [9.17, 15) is 4.79 Å². The third-order valence-corrected chi connectivity index (χ3v) is 5.82. The Morgan fingerprint density at radius 1 is 1.17 bits per heavy atom. The van der Waals surface area contributed by atoms with Crippen molar-refractivity contribution in [1.29, 1.82) is 0 Å². The third kappa shape index (κ3) is 10.9. The molecule has 0 fully saturated rings. The summed E-state index contributed by atoms with van der Waals surface area (Å²) >= 11 is 0. The zero-order chi connectivity index (χ0) is 14.2. The van der Waals surface area contributed by atoms with E-state index in [2.05, 4.69) is 18.4 Å². The molecule has 0 saturated carbocycles. The maximum absolute atomic E-state index is 11.5. The fourth-order valence-corrected chi connectivity index (χ4v) is 4.38. The van der Waals surface area contributed by atoms with Crippen molar-refractivity contribution in [2.75, 3.05) is 19.7 Å². The maximum Gasteiger partial charge on any atom is 0.306 e. The summed E-state index contributed by atoms with van der Waals surface area (Å²) < 4.78 is 11.1. The van der Waals surface area contributed by atoms with Crippen molar-refractivity contribution in [2.45, 2.75) is 52.1 Å². The number of nitrogens with one attached hydrogen (secondary N) is 1. The SMILES string of the molecule is CCO[Si](C)(C)CCCNCC(=O)O[Si](C)(C)C. The van der Waals surface area contributed by atoms with Crippen molar-refractivity contribution in [2.24, 2.45) is 0 Å². The summed E-state index contributed by atoms with van der Waals surface area (Å²) in [5.41, 5.74) is 0. The van der Waals surface area contributed by atoms with Crippen LogP contribution < -0.4 is 5.32 Å². The molecule has 0 bridgehead atoms. The van der Waals surface area contributed by atoms with Crippen molar-refractivity contribution >= 4 is 22.6 Å². The normalized spacial score (nSPS) is 12.6. The molecule has 0 aliphatic rings. The molecule has 4 nitrogen and oxygen atoms in total. The fourth-order valence-electron chi connectivity index (χ4n) is 1.67. The molecule has 0 aliphatic carbocycles. The summed E-state index contributed by atoms with van der Waals surface area (Å²) in [6.45, 7) is 14.5. The van der Waals surface area contributed by atoms with Gasteiger partial charge in [0.2, 0.25) is 8.32 Å². The number of carbonyl (C=O) groups is 1. The Morgan fingerprint density at radius 3 is 2.28 bits per heavy atom. The van der Waals surface area contributed by atoms with Gasteiger partial charge in [-0.15, -0.1) is 0 Å². The first-order chi connectivity index (χ1) is 8.16. The van der Waals surface area contributed by atoms with E-state index in [4.69, 9.17) is 8.85 Å². The van der Waals surface area contributed by atoms with Crippen LogP contribution in [0.5, 0.6) is 0 Å². The highest BCUT2D eigenvalue weighted by Crippen LogP contribution is 2.12. The van der Waals surface area contributed by atoms with Crippen molar-refractivity contribution in [1.82, 2.24) is 5.32 Å². The van der Waals surface area contributed by atoms with E-state index < -0.39 is 16.6 Å². The van der Waals surface area contributed by atoms with Crippen molar-refractivity contribution in [3.05, 3.63) is 0 Å². The maximum atomic E-state index is 11.5. The molecule has 0 atom stereocenters. The van der Waals surface area contributed by atoms with E-state index in [1.807, 2.05) is 26.6 Å². The number of carbonyl (C=O) groups excluding carboxylic acids is 1. The minimum atomic E-state index is -1.73. The molecular weight excluding hydrogens is 262 g/mol. The van der Waals surface area contributed by atoms with E-state index in [0.717, 1.165) is 25.6 Å². The molecule has 0 aromatic carbocycles. The van der Waals surface area contributed by atoms with Crippen LogP contribution in [0.1, 0.15) is 13.3 Å². The largest absolute Gasteiger partial charge is 0.519 e. The standard InChI is InChI=1S/C12H29NO3Si2/c1-7-15-18(5,6)10-8-9-13-11-12(14)16-17(2,3)4/h13H,7-11H2,1-6H3. The smallest absolute Gasteiger partial charge is 0.306 e. The van der Waals surface area contributed by atoms with Crippen molar-refractivity contribution < 1.29 is 13.6 Å². The van der Waals surface area contributed by atoms with Gasteiger partial charge in [-0.3, -0.25) is 4.79 Å². The molecule has 0 aromatic rings. The highest BCUT2D eigenvalue weighted by molar-refractivity contribution is 6.71. The van der Waals surface area contributed by atoms with Crippen LogP contribution in [0, 0.1) is 0 Å². The second kappa shape index (κ2) is 8.09. The van der Waals surface area contributed by atoms with Crippen LogP contribution in [0.2, 0.25) is 38.8 Å². The van der Waals surface area contributed by atoms with E-state index in [0.29, 0.717) is 6.54 Å². The molecule has 0 aromatic heterocycles. The van der Waals surface area contributed by atoms with Gasteiger partial charge in [0, 0.05) is 6.61 Å². The van der Waals surface area contributed by atoms with Crippen molar-refractivity contribution in [3.63, 3.8) is 0 Å². The first-order valence-corrected chi connectivity index (χ1v) is 13.3. The van der Waals surface area contributed by atoms with Crippen LogP contribution in [0.4, 0.5) is 0 Å². The molecule has 0 heterocycles. The van der Waals surface area contributed by atoms with Gasteiger partial charge >= 0.3 is 5.97 Å². The Kier molecular flexibility index (Phi) is 8.01. The van der Waals surface area contributed by atoms with Gasteiger partial charge in [0.15, 0.2) is 8.32 Å². The first-order valence-electron chi connectivity index (χ1n) is 6.73. The highest BCUT2D eigenvalue weighted by Gasteiger charge is 2.21. The van der Waals surface area contributed by atoms with Crippen LogP contribution in [-0.4, -0.2) is 42.3 Å². The lowest BCUT2D eigenvalue weighted by molar-refractivity contribution is -0.134. The van der Waals surface area contributed by atoms with Crippen LogP contribution in [0.3, 0.4) is 0 Å². The number of hydrogen-bond donors (Lipinski definition) is 1. The molecular formula is C12H29NO3Si2. The quantitative estimate of drug-likeness (QED) is 0.524. The summed E-state index contributed by atoms with van der Waals surface area (Å²) in [4.78, 5) is 11.5. The Bertz CT molecular complexity index is 252. The van der Waals surface area contributed by atoms with Gasteiger partial charge in [0.1, 0.15) is 0 Å². The Hall–Kier alpha value is -0.176. The van der Waals surface area contributed by atoms with Crippen LogP contribution in [0.25, 0.3) is 0 Å². The Morgan fingerprint density at radius 2 is 1.78 bits per heavy atom. The second-order valence-corrected chi connectivity index (χ2v) is 14.8. The summed E-state index contributed by atoms with van der Waals surface area (Å²) in [5.74, 6) is -0.129. The number of hydrogen-bond acceptors (Lipinski definition) is 4. The molecule has 0 spiro atoms. The monoisotopic (exact) mass is 291 g/mol. The minimum Gasteiger partial charge on any atom is -0.519 e. The topological polar surface area (TPSA) is 47.6 Å². The molecule has 18 heavy (non-hydrogen) atoms. The molecule has 0 unspecified atom stereocenters. The van der Waals surface area contributed by atoms with Gasteiger partial charge in [0.05, 0.1) is 6.54 Å². The lowest BCUT2D eigenvalue weighted by Crippen LogP contribution is -2.35. The molecule has 0 radical (unpaired) electrons. The average Bonchev–Trinajstić information content (AvgIpc) is 2.13. The van der Waals surface area contributed by atoms with E-state index in [1.165, 1.54) is 0 Å². The fraction of sp³-hybridized carbons (Fsp3) is 0.917. The Labute approximate surface area is 114 Å². The van der Waals surface area contributed by atoms with Crippen LogP contribution in [0.15, 0.2) is 0 Å². The predicted molar refractivity (Wildman–Crippen MR) is 80.8 cm³/mol. The molecule has 1 N–H and O–H groups in total. The zero-order valence-corrected chi connectivity index (χ0v) is 14.8. The lowest BCUT2D eigenvalue weighted by atomic mass is 10.5. The summed E-state index contributed by atoms with van der Waals surface area (Å²) in [6, 6.07) is 1.12. The minimum absolute atomic E-state index is 0.129. The zero-order valence-electron chi connectivity index (χ0n) is 12.8. The summed E-state index contributed by atoms with van der Waals surface area (Å²) in [7, 11) is -3.20. The van der Waals surface area contributed by atoms with Gasteiger partial charge in [-0.25, -0.2) is 0 Å². The van der Waals surface area contributed by atoms with E-state index >= 15 is 0 Å². The van der Waals surface area contributed by atoms with Crippen molar-refractivity contribution in [3.8, 4) is 0 Å². The van der Waals surface area contributed by atoms with Crippen LogP contribution >= 0.6 is 0 Å². The first kappa shape index (κ1) is 17.8. The number of rotatable bonds is 9. The predicted octanol–water partition coefficient (Wildman–Crippen LogP) is 2.59. The third-order valence-electron chi connectivity index (χ3n) is 2.36. The van der Waals surface area contributed by atoms with E-state index in [1.54, 1.807) is 0 Å². The highest BCUT2D eigenvalue weighted by atomic mass is 28.4. The van der Waals surface area contributed by atoms with Gasteiger partial charge in [-0.2, -0.15) is 0 Å². The molecule has 6 heteroatoms. The average molecular weight is 292 g/mol. The summed E-state index contributed by atoms with van der Waals surface area (Å²) in [5, 5.41) is 3.14.